The van der Waals surface area contributed by atoms with Crippen molar-refractivity contribution in [1.29, 1.82) is 0 Å². The second-order valence-electron chi connectivity index (χ2n) is 15.5. The Bertz CT molecular complexity index is 1520. The Labute approximate surface area is 276 Å². The molecule has 0 radical (unpaired) electrons. The molecule has 0 aromatic heterocycles. The minimum Gasteiger partial charge on any atom is -0.480 e. The van der Waals surface area contributed by atoms with Crippen LogP contribution in [0, 0.1) is 34.5 Å². The summed E-state index contributed by atoms with van der Waals surface area (Å²) in [7, 11) is 0. The largest absolute Gasteiger partial charge is 0.480 e. The molecule has 1 saturated heterocycles. The van der Waals surface area contributed by atoms with Gasteiger partial charge in [-0.1, -0.05) is 50.3 Å². The number of carboxylic acid groups (broad SMARTS) is 1. The van der Waals surface area contributed by atoms with Crippen molar-refractivity contribution in [2.75, 3.05) is 26.4 Å². The van der Waals surface area contributed by atoms with Crippen molar-refractivity contribution in [3.05, 3.63) is 46.5 Å². The predicted molar refractivity (Wildman–Crippen MR) is 163 cm³/mol. The van der Waals surface area contributed by atoms with Crippen LogP contribution in [0.1, 0.15) is 89.2 Å². The summed E-state index contributed by atoms with van der Waals surface area (Å²) < 4.78 is 89.9. The van der Waals surface area contributed by atoms with Gasteiger partial charge in [0.1, 0.15) is 18.8 Å². The molecule has 6 rings (SSSR count). The molecule has 48 heavy (non-hydrogen) atoms. The first kappa shape index (κ1) is 35.3. The second-order valence-corrected chi connectivity index (χ2v) is 15.5. The fourth-order valence-corrected chi connectivity index (χ4v) is 9.43. The molecule has 0 bridgehead atoms. The first-order valence-corrected chi connectivity index (χ1v) is 16.6. The quantitative estimate of drug-likeness (QED) is 0.144. The summed E-state index contributed by atoms with van der Waals surface area (Å²) in [5.74, 6) is -3.49. The summed E-state index contributed by atoms with van der Waals surface area (Å²) in [4.78, 5) is 10.6. The number of hydrogen-bond donors (Lipinski definition) is 3. The van der Waals surface area contributed by atoms with Crippen molar-refractivity contribution >= 4 is 5.97 Å². The third-order valence-electron chi connectivity index (χ3n) is 11.8. The predicted octanol–water partition coefficient (Wildman–Crippen LogP) is 6.36. The average Bonchev–Trinajstić information content (AvgIpc) is 3.28. The molecule has 1 spiro atoms. The van der Waals surface area contributed by atoms with Gasteiger partial charge in [0.05, 0.1) is 18.8 Å². The number of aliphatic hydroxyl groups is 2. The number of allylic oxidation sites excluding steroid dienone is 1. The van der Waals surface area contributed by atoms with Crippen LogP contribution in [0.3, 0.4) is 0 Å². The maximum Gasteiger partial charge on any atom is 0.456 e. The fourth-order valence-electron chi connectivity index (χ4n) is 9.43. The number of halogens is 5. The van der Waals surface area contributed by atoms with Crippen LogP contribution in [0.2, 0.25) is 0 Å². The van der Waals surface area contributed by atoms with Crippen LogP contribution in [-0.2, 0) is 19.0 Å². The molecule has 3 N–H and O–H groups in total. The Morgan fingerprint density at radius 1 is 1.00 bits per heavy atom. The summed E-state index contributed by atoms with van der Waals surface area (Å²) in [6.07, 6.45) is -5.03. The summed E-state index contributed by atoms with van der Waals surface area (Å²) in [6.45, 7) is 5.80. The topological polar surface area (TPSA) is 105 Å². The van der Waals surface area contributed by atoms with Gasteiger partial charge in [0, 0.05) is 35.2 Å². The van der Waals surface area contributed by atoms with Gasteiger partial charge in [-0.2, -0.15) is 22.0 Å². The summed E-state index contributed by atoms with van der Waals surface area (Å²) in [5, 5.41) is 32.6. The Morgan fingerprint density at radius 3 is 2.29 bits per heavy atom. The molecule has 3 saturated carbocycles. The van der Waals surface area contributed by atoms with Crippen LogP contribution in [0.25, 0.3) is 0 Å². The molecule has 0 amide bonds. The zero-order chi connectivity index (χ0) is 35.0. The molecule has 6 atom stereocenters. The molecule has 1 aromatic carbocycles. The molecule has 0 unspecified atom stereocenters. The van der Waals surface area contributed by atoms with Crippen LogP contribution in [0.4, 0.5) is 22.0 Å². The summed E-state index contributed by atoms with van der Waals surface area (Å²) >= 11 is 0. The van der Waals surface area contributed by atoms with Crippen LogP contribution >= 0.6 is 0 Å². The van der Waals surface area contributed by atoms with Gasteiger partial charge in [0.15, 0.2) is 5.79 Å². The van der Waals surface area contributed by atoms with E-state index in [0.717, 1.165) is 11.1 Å². The van der Waals surface area contributed by atoms with E-state index in [4.69, 9.17) is 19.3 Å². The van der Waals surface area contributed by atoms with E-state index in [9.17, 15) is 28.2 Å². The van der Waals surface area contributed by atoms with Crippen molar-refractivity contribution in [1.82, 2.24) is 0 Å². The SMILES string of the molecule is CC1(C)COC2(CCC3=C4[C@@H](CC[C@@]3(O)C2)[C@@H]2CC[C@@](O)(C(F)(F)C(F)(F)F)[C@@]2(C)C[C@@H]4c2ccc(C#CCOCC(=O)O)cc2)OC1. The van der Waals surface area contributed by atoms with E-state index in [-0.39, 0.29) is 37.7 Å². The van der Waals surface area contributed by atoms with E-state index >= 15 is 8.78 Å². The number of ether oxygens (including phenoxy) is 3. The van der Waals surface area contributed by atoms with Crippen molar-refractivity contribution < 1.29 is 56.3 Å². The highest BCUT2D eigenvalue weighted by atomic mass is 19.4. The average molecular weight is 683 g/mol. The minimum absolute atomic E-state index is 0.00891. The highest BCUT2D eigenvalue weighted by Gasteiger charge is 2.79. The Kier molecular flexibility index (Phi) is 8.64. The molecule has 1 aromatic rings. The van der Waals surface area contributed by atoms with Crippen LogP contribution < -0.4 is 0 Å². The monoisotopic (exact) mass is 682 g/mol. The Hall–Kier alpha value is -2.56. The van der Waals surface area contributed by atoms with E-state index in [1.807, 2.05) is 13.8 Å². The molecule has 1 aliphatic heterocycles. The molecular weight excluding hydrogens is 639 g/mol. The lowest BCUT2D eigenvalue weighted by Crippen LogP contribution is -2.65. The smallest absolute Gasteiger partial charge is 0.456 e. The van der Waals surface area contributed by atoms with Gasteiger partial charge in [0.25, 0.3) is 0 Å². The number of alkyl halides is 5. The van der Waals surface area contributed by atoms with Crippen LogP contribution in [0.15, 0.2) is 35.4 Å². The second kappa shape index (κ2) is 11.8. The lowest BCUT2D eigenvalue weighted by Gasteiger charge is -2.59. The molecule has 264 valence electrons. The van der Waals surface area contributed by atoms with Gasteiger partial charge in [-0.05, 0) is 73.6 Å². The zero-order valence-electron chi connectivity index (χ0n) is 27.4. The molecule has 4 fully saturated rings. The molecule has 12 heteroatoms. The number of fused-ring (bicyclic) bond motifs is 4. The number of benzene rings is 1. The summed E-state index contributed by atoms with van der Waals surface area (Å²) in [6, 6.07) is 6.92. The number of aliphatic carboxylic acids is 1. The molecule has 4 aliphatic carbocycles. The number of hydrogen-bond acceptors (Lipinski definition) is 6. The minimum atomic E-state index is -5.93. The Morgan fingerprint density at radius 2 is 1.67 bits per heavy atom. The zero-order valence-corrected chi connectivity index (χ0v) is 27.4. The molecule has 7 nitrogen and oxygen atoms in total. The van der Waals surface area contributed by atoms with Crippen molar-refractivity contribution in [2.24, 2.45) is 22.7 Å². The van der Waals surface area contributed by atoms with Gasteiger partial charge in [-0.25, -0.2) is 4.79 Å². The molecular formula is C36H43F5O7. The third kappa shape index (κ3) is 5.67. The number of rotatable bonds is 5. The van der Waals surface area contributed by atoms with Crippen molar-refractivity contribution in [3.8, 4) is 11.8 Å². The van der Waals surface area contributed by atoms with Crippen LogP contribution in [0.5, 0.6) is 0 Å². The van der Waals surface area contributed by atoms with Gasteiger partial charge >= 0.3 is 18.1 Å². The van der Waals surface area contributed by atoms with Gasteiger partial charge in [-0.3, -0.25) is 0 Å². The van der Waals surface area contributed by atoms with E-state index in [1.165, 1.54) is 6.92 Å². The fraction of sp³-hybridized carbons (Fsp3) is 0.694. The summed E-state index contributed by atoms with van der Waals surface area (Å²) in [5.41, 5.74) is -3.67. The van der Waals surface area contributed by atoms with Gasteiger partial charge < -0.3 is 29.5 Å². The van der Waals surface area contributed by atoms with E-state index in [0.29, 0.717) is 43.6 Å². The van der Waals surface area contributed by atoms with Crippen molar-refractivity contribution in [2.45, 2.75) is 107 Å². The van der Waals surface area contributed by atoms with Crippen molar-refractivity contribution in [3.63, 3.8) is 0 Å². The standard InChI is InChI=1S/C36H43F5O7/c1-30(2)20-47-33(48-21-30)14-11-27-29-24(10-13-32(27,44)19-33)26-12-15-34(45,35(37,38)36(39,40)41)31(26,3)17-25(29)23-8-6-22(7-9-23)5-4-16-46-18-28(42)43/h6-9,24-26,44-45H,10-21H2,1-3H3,(H,42,43)/t24-,25+,26-,31-,32+,34-/m0/s1. The maximum atomic E-state index is 15.3. The lowest BCUT2D eigenvalue weighted by atomic mass is 9.49. The highest BCUT2D eigenvalue weighted by Crippen LogP contribution is 2.71. The third-order valence-corrected chi connectivity index (χ3v) is 11.8. The molecule has 5 aliphatic rings. The van der Waals surface area contributed by atoms with E-state index < -0.39 is 71.3 Å². The van der Waals surface area contributed by atoms with E-state index in [2.05, 4.69) is 11.8 Å². The van der Waals surface area contributed by atoms with Crippen LogP contribution in [-0.4, -0.2) is 76.8 Å². The Balaban J connectivity index is 1.39. The first-order valence-electron chi connectivity index (χ1n) is 16.6. The normalized spacial score (nSPS) is 35.7. The van der Waals surface area contributed by atoms with Gasteiger partial charge in [0.2, 0.25) is 0 Å². The maximum absolute atomic E-state index is 15.3. The highest BCUT2D eigenvalue weighted by molar-refractivity contribution is 5.68. The lowest BCUT2D eigenvalue weighted by molar-refractivity contribution is -0.362. The first-order chi connectivity index (χ1) is 22.3. The molecule has 1 heterocycles. The number of carbonyl (C=O) groups is 1. The number of carboxylic acids is 1. The van der Waals surface area contributed by atoms with Gasteiger partial charge in [-0.15, -0.1) is 0 Å². The van der Waals surface area contributed by atoms with E-state index in [1.54, 1.807) is 24.3 Å².